The first-order chi connectivity index (χ1) is 13.9. The zero-order valence-corrected chi connectivity index (χ0v) is 17.3. The van der Waals surface area contributed by atoms with Crippen molar-refractivity contribution in [3.05, 3.63) is 51.1 Å². The Morgan fingerprint density at radius 2 is 2.14 bits per heavy atom. The standard InChI is InChI=1S/C21H24N2O5S/c1-13-3-8-17-14(11-13)12-18(29-17)21(26)23-22-19(24)9-6-15-4-5-16(28-15)7-10-20(25)27-2/h4-6,9,12-13H,3,7-8,10-11H2,1-2H3,(H,22,24)(H,23,26)/b9-6+/t13-/m0/s1. The van der Waals surface area contributed by atoms with Crippen LogP contribution in [0.4, 0.5) is 0 Å². The monoisotopic (exact) mass is 416 g/mol. The Morgan fingerprint density at radius 3 is 2.93 bits per heavy atom. The van der Waals surface area contributed by atoms with Crippen LogP contribution in [0.3, 0.4) is 0 Å². The number of furan rings is 1. The number of thiophene rings is 1. The number of aryl methyl sites for hydroxylation is 2. The number of hydrogen-bond donors (Lipinski definition) is 2. The first kappa shape index (κ1) is 20.9. The summed E-state index contributed by atoms with van der Waals surface area (Å²) < 4.78 is 10.1. The third-order valence-corrected chi connectivity index (χ3v) is 5.97. The zero-order chi connectivity index (χ0) is 20.8. The molecular weight excluding hydrogens is 392 g/mol. The van der Waals surface area contributed by atoms with Crippen molar-refractivity contribution in [2.75, 3.05) is 7.11 Å². The van der Waals surface area contributed by atoms with E-state index in [1.54, 1.807) is 12.1 Å². The van der Waals surface area contributed by atoms with E-state index in [9.17, 15) is 14.4 Å². The molecule has 0 aromatic carbocycles. The minimum Gasteiger partial charge on any atom is -0.469 e. The van der Waals surface area contributed by atoms with Crippen LogP contribution in [0.2, 0.25) is 0 Å². The molecule has 1 aliphatic rings. The summed E-state index contributed by atoms with van der Waals surface area (Å²) in [7, 11) is 1.34. The molecule has 1 atom stereocenters. The molecule has 0 aliphatic heterocycles. The highest BCUT2D eigenvalue weighted by atomic mass is 32.1. The van der Waals surface area contributed by atoms with Crippen LogP contribution in [0.15, 0.2) is 28.7 Å². The molecule has 2 heterocycles. The molecule has 0 saturated carbocycles. The lowest BCUT2D eigenvalue weighted by Crippen LogP contribution is -2.40. The molecule has 0 saturated heterocycles. The molecule has 0 bridgehead atoms. The second-order valence-corrected chi connectivity index (χ2v) is 8.20. The number of ether oxygens (including phenoxy) is 1. The van der Waals surface area contributed by atoms with Crippen molar-refractivity contribution in [1.29, 1.82) is 0 Å². The number of nitrogens with one attached hydrogen (secondary N) is 2. The molecule has 3 rings (SSSR count). The molecular formula is C21H24N2O5S. The summed E-state index contributed by atoms with van der Waals surface area (Å²) in [6, 6.07) is 5.36. The summed E-state index contributed by atoms with van der Waals surface area (Å²) in [6.07, 6.45) is 6.57. The smallest absolute Gasteiger partial charge is 0.305 e. The number of methoxy groups -OCH3 is 1. The van der Waals surface area contributed by atoms with Crippen molar-refractivity contribution in [3.63, 3.8) is 0 Å². The average molecular weight is 416 g/mol. The number of esters is 1. The van der Waals surface area contributed by atoms with Gasteiger partial charge in [0.25, 0.3) is 11.8 Å². The Hall–Kier alpha value is -2.87. The first-order valence-electron chi connectivity index (χ1n) is 9.50. The van der Waals surface area contributed by atoms with E-state index in [0.29, 0.717) is 28.7 Å². The van der Waals surface area contributed by atoms with E-state index in [2.05, 4.69) is 22.5 Å². The summed E-state index contributed by atoms with van der Waals surface area (Å²) >= 11 is 1.49. The van der Waals surface area contributed by atoms with Crippen LogP contribution < -0.4 is 10.9 Å². The van der Waals surface area contributed by atoms with Gasteiger partial charge in [0.2, 0.25) is 0 Å². The molecule has 154 valence electrons. The van der Waals surface area contributed by atoms with Crippen molar-refractivity contribution >= 4 is 35.2 Å². The maximum atomic E-state index is 12.3. The maximum absolute atomic E-state index is 12.3. The van der Waals surface area contributed by atoms with Gasteiger partial charge < -0.3 is 9.15 Å². The van der Waals surface area contributed by atoms with E-state index in [-0.39, 0.29) is 18.3 Å². The van der Waals surface area contributed by atoms with E-state index < -0.39 is 5.91 Å². The van der Waals surface area contributed by atoms with Gasteiger partial charge in [0.1, 0.15) is 11.5 Å². The Kier molecular flexibility index (Phi) is 6.87. The number of carbonyl (C=O) groups excluding carboxylic acids is 3. The van der Waals surface area contributed by atoms with Gasteiger partial charge in [-0.25, -0.2) is 0 Å². The van der Waals surface area contributed by atoms with Gasteiger partial charge in [0.15, 0.2) is 0 Å². The van der Waals surface area contributed by atoms with Crippen molar-refractivity contribution in [3.8, 4) is 0 Å². The van der Waals surface area contributed by atoms with Crippen LogP contribution in [-0.2, 0) is 33.6 Å². The fourth-order valence-corrected chi connectivity index (χ4v) is 4.25. The summed E-state index contributed by atoms with van der Waals surface area (Å²) in [5.74, 6) is 0.643. The number of amides is 2. The van der Waals surface area contributed by atoms with E-state index in [4.69, 9.17) is 4.42 Å². The Balaban J connectivity index is 1.47. The lowest BCUT2D eigenvalue weighted by atomic mass is 9.90. The summed E-state index contributed by atoms with van der Waals surface area (Å²) in [5, 5.41) is 0. The van der Waals surface area contributed by atoms with Gasteiger partial charge in [-0.15, -0.1) is 11.3 Å². The number of carbonyl (C=O) groups is 3. The summed E-state index contributed by atoms with van der Waals surface area (Å²) in [4.78, 5) is 37.2. The molecule has 2 aromatic rings. The van der Waals surface area contributed by atoms with Crippen LogP contribution in [0.25, 0.3) is 6.08 Å². The van der Waals surface area contributed by atoms with E-state index in [1.165, 1.54) is 41.0 Å². The topological polar surface area (TPSA) is 97.6 Å². The first-order valence-corrected chi connectivity index (χ1v) is 10.3. The lowest BCUT2D eigenvalue weighted by Gasteiger charge is -2.16. The fraction of sp³-hybridized carbons (Fsp3) is 0.381. The van der Waals surface area contributed by atoms with Gasteiger partial charge in [-0.1, -0.05) is 6.92 Å². The number of hydrogen-bond acceptors (Lipinski definition) is 6. The second-order valence-electron chi connectivity index (χ2n) is 7.06. The SMILES string of the molecule is COC(=O)CCc1ccc(/C=C/C(=O)NNC(=O)c2cc3c(s2)CC[C@H](C)C3)o1. The second kappa shape index (κ2) is 9.56. The van der Waals surface area contributed by atoms with Gasteiger partial charge in [-0.3, -0.25) is 25.2 Å². The van der Waals surface area contributed by atoms with E-state index in [1.807, 2.05) is 6.07 Å². The van der Waals surface area contributed by atoms with Crippen molar-refractivity contribution in [2.24, 2.45) is 5.92 Å². The van der Waals surface area contributed by atoms with E-state index in [0.717, 1.165) is 19.3 Å². The molecule has 2 N–H and O–H groups in total. The van der Waals surface area contributed by atoms with Gasteiger partial charge >= 0.3 is 5.97 Å². The number of hydrazine groups is 1. The Bertz CT molecular complexity index is 927. The van der Waals surface area contributed by atoms with Crippen LogP contribution in [0.1, 0.15) is 51.4 Å². The largest absolute Gasteiger partial charge is 0.469 e. The molecule has 8 heteroatoms. The fourth-order valence-electron chi connectivity index (χ4n) is 3.14. The number of rotatable bonds is 6. The van der Waals surface area contributed by atoms with Crippen LogP contribution in [0, 0.1) is 5.92 Å². The van der Waals surface area contributed by atoms with Gasteiger partial charge in [0.05, 0.1) is 18.4 Å². The average Bonchev–Trinajstić information content (AvgIpc) is 3.34. The molecule has 29 heavy (non-hydrogen) atoms. The predicted molar refractivity (Wildman–Crippen MR) is 109 cm³/mol. The van der Waals surface area contributed by atoms with Crippen molar-refractivity contribution in [2.45, 2.75) is 39.0 Å². The van der Waals surface area contributed by atoms with E-state index >= 15 is 0 Å². The third kappa shape index (κ3) is 5.80. The van der Waals surface area contributed by atoms with Crippen molar-refractivity contribution in [1.82, 2.24) is 10.9 Å². The minimum atomic E-state index is -0.471. The minimum absolute atomic E-state index is 0.227. The predicted octanol–water partition coefficient (Wildman–Crippen LogP) is 3.05. The Labute approximate surface area is 173 Å². The summed E-state index contributed by atoms with van der Waals surface area (Å²) in [5.41, 5.74) is 6.05. The van der Waals surface area contributed by atoms with Gasteiger partial charge in [0, 0.05) is 17.4 Å². The summed E-state index contributed by atoms with van der Waals surface area (Å²) in [6.45, 7) is 2.22. The maximum Gasteiger partial charge on any atom is 0.305 e. The number of fused-ring (bicyclic) bond motifs is 1. The molecule has 7 nitrogen and oxygen atoms in total. The molecule has 0 unspecified atom stereocenters. The normalized spacial score (nSPS) is 15.7. The lowest BCUT2D eigenvalue weighted by molar-refractivity contribution is -0.140. The quantitative estimate of drug-likeness (QED) is 0.429. The Morgan fingerprint density at radius 1 is 1.31 bits per heavy atom. The van der Waals surface area contributed by atoms with Crippen LogP contribution in [0.5, 0.6) is 0 Å². The molecule has 1 aliphatic carbocycles. The molecule has 0 fully saturated rings. The van der Waals surface area contributed by atoms with Crippen LogP contribution in [-0.4, -0.2) is 24.9 Å². The van der Waals surface area contributed by atoms with Gasteiger partial charge in [-0.05, 0) is 55.0 Å². The highest BCUT2D eigenvalue weighted by Gasteiger charge is 2.20. The molecule has 0 spiro atoms. The molecule has 2 aromatic heterocycles. The molecule has 0 radical (unpaired) electrons. The zero-order valence-electron chi connectivity index (χ0n) is 16.4. The highest BCUT2D eigenvalue weighted by molar-refractivity contribution is 7.14. The third-order valence-electron chi connectivity index (χ3n) is 4.74. The van der Waals surface area contributed by atoms with Gasteiger partial charge in [-0.2, -0.15) is 0 Å². The molecule has 2 amide bonds. The van der Waals surface area contributed by atoms with Crippen LogP contribution >= 0.6 is 11.3 Å². The van der Waals surface area contributed by atoms with Crippen molar-refractivity contribution < 1.29 is 23.5 Å². The highest BCUT2D eigenvalue weighted by Crippen LogP contribution is 2.32.